The summed E-state index contributed by atoms with van der Waals surface area (Å²) in [4.78, 5) is 27.8. The van der Waals surface area contributed by atoms with E-state index in [-0.39, 0.29) is 17.9 Å². The fourth-order valence-electron chi connectivity index (χ4n) is 3.89. The lowest BCUT2D eigenvalue weighted by Gasteiger charge is -2.27. The number of furan rings is 1. The van der Waals surface area contributed by atoms with Gasteiger partial charge in [0.05, 0.1) is 38.1 Å². The van der Waals surface area contributed by atoms with E-state index in [9.17, 15) is 14.7 Å². The first kappa shape index (κ1) is 21.2. The SMILES string of the molecule is CCOc1cccc(C2C(C(=O)c3ccco3)=C(O)C(=O)N2Cc2ccccc2OC)c1. The molecule has 0 radical (unpaired) electrons. The van der Waals surface area contributed by atoms with Gasteiger partial charge in [-0.3, -0.25) is 9.59 Å². The third-order valence-corrected chi connectivity index (χ3v) is 5.31. The molecule has 1 aliphatic heterocycles. The number of benzene rings is 2. The number of rotatable bonds is 8. The number of Topliss-reactive ketones (excluding diaryl/α,β-unsaturated/α-hetero) is 1. The van der Waals surface area contributed by atoms with Crippen molar-refractivity contribution in [3.8, 4) is 11.5 Å². The van der Waals surface area contributed by atoms with Crippen molar-refractivity contribution < 1.29 is 28.6 Å². The third-order valence-electron chi connectivity index (χ3n) is 5.31. The first-order chi connectivity index (χ1) is 15.5. The topological polar surface area (TPSA) is 89.2 Å². The Hall–Kier alpha value is -4.00. The predicted octanol–water partition coefficient (Wildman–Crippen LogP) is 4.47. The van der Waals surface area contributed by atoms with Crippen LogP contribution in [0.2, 0.25) is 0 Å². The van der Waals surface area contributed by atoms with E-state index in [2.05, 4.69) is 0 Å². The lowest BCUT2D eigenvalue weighted by molar-refractivity contribution is -0.130. The number of aliphatic hydroxyl groups is 1. The fraction of sp³-hybridized carbons (Fsp3) is 0.200. The van der Waals surface area contributed by atoms with Crippen molar-refractivity contribution in [2.24, 2.45) is 0 Å². The smallest absolute Gasteiger partial charge is 0.290 e. The van der Waals surface area contributed by atoms with Crippen molar-refractivity contribution in [2.75, 3.05) is 13.7 Å². The summed E-state index contributed by atoms with van der Waals surface area (Å²) in [7, 11) is 1.55. The number of ether oxygens (including phenoxy) is 2. The number of para-hydroxylation sites is 1. The molecule has 2 aromatic carbocycles. The average Bonchev–Trinajstić information content (AvgIpc) is 3.43. The van der Waals surface area contributed by atoms with E-state index in [4.69, 9.17) is 13.9 Å². The standard InChI is InChI=1S/C25H23NO6/c1-3-31-18-10-6-9-16(14-18)22-21(23(27)20-12-7-13-32-20)24(28)25(29)26(22)15-17-8-4-5-11-19(17)30-2/h4-14,22,28H,3,15H2,1-2H3. The molecular formula is C25H23NO6. The van der Waals surface area contributed by atoms with E-state index >= 15 is 0 Å². The highest BCUT2D eigenvalue weighted by Crippen LogP contribution is 2.41. The summed E-state index contributed by atoms with van der Waals surface area (Å²) in [6, 6.07) is 16.7. The Morgan fingerprint density at radius 2 is 1.94 bits per heavy atom. The molecule has 1 aromatic heterocycles. The molecule has 1 amide bonds. The summed E-state index contributed by atoms with van der Waals surface area (Å²) in [6.07, 6.45) is 1.37. The fourth-order valence-corrected chi connectivity index (χ4v) is 3.89. The molecular weight excluding hydrogens is 410 g/mol. The van der Waals surface area contributed by atoms with Crippen molar-refractivity contribution in [3.63, 3.8) is 0 Å². The van der Waals surface area contributed by atoms with Gasteiger partial charge < -0.3 is 23.9 Å². The number of amides is 1. The van der Waals surface area contributed by atoms with Gasteiger partial charge in [-0.15, -0.1) is 0 Å². The predicted molar refractivity (Wildman–Crippen MR) is 117 cm³/mol. The lowest BCUT2D eigenvalue weighted by atomic mass is 9.94. The van der Waals surface area contributed by atoms with Gasteiger partial charge in [-0.25, -0.2) is 0 Å². The van der Waals surface area contributed by atoms with Crippen LogP contribution in [-0.2, 0) is 11.3 Å². The van der Waals surface area contributed by atoms with Crippen molar-refractivity contribution in [1.82, 2.24) is 4.90 Å². The van der Waals surface area contributed by atoms with Crippen LogP contribution in [0.5, 0.6) is 11.5 Å². The molecule has 0 bridgehead atoms. The quantitative estimate of drug-likeness (QED) is 0.528. The number of ketones is 1. The maximum Gasteiger partial charge on any atom is 0.290 e. The summed E-state index contributed by atoms with van der Waals surface area (Å²) in [5, 5.41) is 10.8. The summed E-state index contributed by atoms with van der Waals surface area (Å²) >= 11 is 0. The van der Waals surface area contributed by atoms with Crippen LogP contribution >= 0.6 is 0 Å². The molecule has 1 unspecified atom stereocenters. The van der Waals surface area contributed by atoms with E-state index in [1.165, 1.54) is 17.2 Å². The second-order valence-electron chi connectivity index (χ2n) is 7.22. The molecule has 1 N–H and O–H groups in total. The average molecular weight is 433 g/mol. The van der Waals surface area contributed by atoms with Gasteiger partial charge in [-0.2, -0.15) is 0 Å². The highest BCUT2D eigenvalue weighted by molar-refractivity contribution is 6.15. The van der Waals surface area contributed by atoms with Crippen molar-refractivity contribution >= 4 is 11.7 Å². The van der Waals surface area contributed by atoms with Gasteiger partial charge >= 0.3 is 0 Å². The van der Waals surface area contributed by atoms with Crippen LogP contribution in [0.15, 0.2) is 82.7 Å². The molecule has 0 aliphatic carbocycles. The normalized spacial score (nSPS) is 15.9. The zero-order chi connectivity index (χ0) is 22.7. The maximum atomic E-state index is 13.2. The van der Waals surface area contributed by atoms with Gasteiger partial charge in [0, 0.05) is 5.56 Å². The molecule has 0 spiro atoms. The minimum Gasteiger partial charge on any atom is -0.503 e. The highest BCUT2D eigenvalue weighted by atomic mass is 16.5. The van der Waals surface area contributed by atoms with Crippen molar-refractivity contribution in [3.05, 3.63) is 95.1 Å². The van der Waals surface area contributed by atoms with Crippen LogP contribution in [0.25, 0.3) is 0 Å². The van der Waals surface area contributed by atoms with Crippen LogP contribution < -0.4 is 9.47 Å². The van der Waals surface area contributed by atoms with Gasteiger partial charge in [0.2, 0.25) is 5.78 Å². The van der Waals surface area contributed by atoms with Crippen LogP contribution in [0.3, 0.4) is 0 Å². The largest absolute Gasteiger partial charge is 0.503 e. The van der Waals surface area contributed by atoms with Crippen LogP contribution in [-0.4, -0.2) is 35.4 Å². The zero-order valence-electron chi connectivity index (χ0n) is 17.8. The lowest BCUT2D eigenvalue weighted by Crippen LogP contribution is -2.30. The van der Waals surface area contributed by atoms with Gasteiger partial charge in [-0.1, -0.05) is 30.3 Å². The third kappa shape index (κ3) is 3.85. The van der Waals surface area contributed by atoms with Gasteiger partial charge in [0.15, 0.2) is 11.5 Å². The van der Waals surface area contributed by atoms with Gasteiger partial charge in [0.25, 0.3) is 5.91 Å². The minimum atomic E-state index is -0.828. The number of methoxy groups -OCH3 is 1. The zero-order valence-corrected chi connectivity index (χ0v) is 17.8. The Bertz CT molecular complexity index is 1160. The molecule has 32 heavy (non-hydrogen) atoms. The molecule has 0 fully saturated rings. The number of carbonyl (C=O) groups excluding carboxylic acids is 2. The van der Waals surface area contributed by atoms with Crippen LogP contribution in [0.4, 0.5) is 0 Å². The summed E-state index contributed by atoms with van der Waals surface area (Å²) < 4.78 is 16.3. The minimum absolute atomic E-state index is 0.0338. The Morgan fingerprint density at radius 1 is 1.12 bits per heavy atom. The Kier molecular flexibility index (Phi) is 5.98. The number of aliphatic hydroxyl groups excluding tert-OH is 1. The second kappa shape index (κ2) is 9.01. The number of hydrogen-bond acceptors (Lipinski definition) is 6. The summed E-state index contributed by atoms with van der Waals surface area (Å²) in [5.41, 5.74) is 1.35. The number of carbonyl (C=O) groups is 2. The molecule has 7 nitrogen and oxygen atoms in total. The highest BCUT2D eigenvalue weighted by Gasteiger charge is 2.44. The maximum absolute atomic E-state index is 13.2. The van der Waals surface area contributed by atoms with Gasteiger partial charge in [-0.05, 0) is 42.8 Å². The van der Waals surface area contributed by atoms with E-state index in [1.807, 2.05) is 25.1 Å². The summed E-state index contributed by atoms with van der Waals surface area (Å²) in [6.45, 7) is 2.47. The Labute approximate surface area is 185 Å². The van der Waals surface area contributed by atoms with E-state index in [1.54, 1.807) is 43.5 Å². The molecule has 1 atom stereocenters. The molecule has 7 heteroatoms. The van der Waals surface area contributed by atoms with Crippen LogP contribution in [0, 0.1) is 0 Å². The monoisotopic (exact) mass is 433 g/mol. The second-order valence-corrected chi connectivity index (χ2v) is 7.22. The summed E-state index contributed by atoms with van der Waals surface area (Å²) in [5.74, 6) is -0.524. The molecule has 164 valence electrons. The number of hydrogen-bond donors (Lipinski definition) is 1. The molecule has 0 saturated carbocycles. The van der Waals surface area contributed by atoms with Crippen molar-refractivity contribution in [2.45, 2.75) is 19.5 Å². The first-order valence-electron chi connectivity index (χ1n) is 10.2. The molecule has 2 heterocycles. The molecule has 3 aromatic rings. The van der Waals surface area contributed by atoms with Gasteiger partial charge in [0.1, 0.15) is 11.5 Å². The van der Waals surface area contributed by atoms with E-state index in [0.29, 0.717) is 23.7 Å². The van der Waals surface area contributed by atoms with E-state index < -0.39 is 23.5 Å². The Morgan fingerprint density at radius 3 is 2.66 bits per heavy atom. The number of nitrogens with zero attached hydrogens (tertiary/aromatic N) is 1. The first-order valence-corrected chi connectivity index (χ1v) is 10.2. The van der Waals surface area contributed by atoms with Crippen molar-refractivity contribution in [1.29, 1.82) is 0 Å². The Balaban J connectivity index is 1.81. The van der Waals surface area contributed by atoms with E-state index in [0.717, 1.165) is 5.56 Å². The molecule has 4 rings (SSSR count). The molecule has 1 aliphatic rings. The molecule has 0 saturated heterocycles. The van der Waals surface area contributed by atoms with Crippen LogP contribution in [0.1, 0.15) is 34.6 Å².